The minimum absolute atomic E-state index is 0.0193. The van der Waals surface area contributed by atoms with Crippen LogP contribution >= 0.6 is 15.9 Å². The fourth-order valence-electron chi connectivity index (χ4n) is 2.82. The molecule has 1 N–H and O–H groups in total. The molecule has 32 heavy (non-hydrogen) atoms. The standard InChI is InChI=1S/C24H18BrN3O4/c1-16-4-2-3-5-22(16)27-24(29)19(14-26)12-18-8-11-23(21(25)13-18)32-15-17-6-9-20(10-7-17)28(30)31/h2-13H,15H2,1H3,(H,27,29)/b19-12-. The minimum Gasteiger partial charge on any atom is -0.488 e. The van der Waals surface area contributed by atoms with Crippen molar-refractivity contribution in [2.24, 2.45) is 0 Å². The van der Waals surface area contributed by atoms with E-state index in [4.69, 9.17) is 4.74 Å². The van der Waals surface area contributed by atoms with Crippen LogP contribution in [0.25, 0.3) is 6.08 Å². The molecule has 0 aliphatic carbocycles. The molecule has 3 aromatic carbocycles. The van der Waals surface area contributed by atoms with Crippen molar-refractivity contribution in [1.29, 1.82) is 5.26 Å². The first kappa shape index (κ1) is 22.7. The van der Waals surface area contributed by atoms with E-state index >= 15 is 0 Å². The fourth-order valence-corrected chi connectivity index (χ4v) is 3.33. The molecule has 0 saturated carbocycles. The first-order chi connectivity index (χ1) is 15.4. The average Bonchev–Trinajstić information content (AvgIpc) is 2.78. The Labute approximate surface area is 193 Å². The minimum atomic E-state index is -0.489. The third kappa shape index (κ3) is 5.80. The molecule has 7 nitrogen and oxygen atoms in total. The van der Waals surface area contributed by atoms with Crippen LogP contribution in [0.2, 0.25) is 0 Å². The predicted octanol–water partition coefficient (Wildman–Crippen LogP) is 5.79. The van der Waals surface area contributed by atoms with Crippen LogP contribution < -0.4 is 10.1 Å². The number of ether oxygens (including phenoxy) is 1. The van der Waals surface area contributed by atoms with Crippen molar-refractivity contribution >= 4 is 39.3 Å². The lowest BCUT2D eigenvalue weighted by molar-refractivity contribution is -0.384. The van der Waals surface area contributed by atoms with E-state index < -0.39 is 10.8 Å². The summed E-state index contributed by atoms with van der Waals surface area (Å²) in [5.41, 5.74) is 2.97. The fraction of sp³-hybridized carbons (Fsp3) is 0.0833. The number of hydrogen-bond donors (Lipinski definition) is 1. The highest BCUT2D eigenvalue weighted by molar-refractivity contribution is 9.10. The quantitative estimate of drug-likeness (QED) is 0.195. The van der Waals surface area contributed by atoms with Gasteiger partial charge in [-0.05, 0) is 76.0 Å². The second kappa shape index (κ2) is 10.4. The lowest BCUT2D eigenvalue weighted by atomic mass is 10.1. The highest BCUT2D eigenvalue weighted by Crippen LogP contribution is 2.28. The number of rotatable bonds is 7. The van der Waals surface area contributed by atoms with Crippen molar-refractivity contribution in [3.8, 4) is 11.8 Å². The van der Waals surface area contributed by atoms with Gasteiger partial charge in [-0.1, -0.05) is 24.3 Å². The maximum absolute atomic E-state index is 12.5. The van der Waals surface area contributed by atoms with Gasteiger partial charge >= 0.3 is 0 Å². The first-order valence-corrected chi connectivity index (χ1v) is 10.3. The van der Waals surface area contributed by atoms with E-state index in [1.807, 2.05) is 31.2 Å². The Hall–Kier alpha value is -3.96. The highest BCUT2D eigenvalue weighted by atomic mass is 79.9. The topological polar surface area (TPSA) is 105 Å². The number of benzene rings is 3. The molecule has 0 radical (unpaired) electrons. The molecular formula is C24H18BrN3O4. The Morgan fingerprint density at radius 3 is 2.53 bits per heavy atom. The summed E-state index contributed by atoms with van der Waals surface area (Å²) in [7, 11) is 0. The molecule has 0 fully saturated rings. The first-order valence-electron chi connectivity index (χ1n) is 9.52. The summed E-state index contributed by atoms with van der Waals surface area (Å²) in [6.45, 7) is 2.10. The number of carbonyl (C=O) groups excluding carboxylic acids is 1. The predicted molar refractivity (Wildman–Crippen MR) is 125 cm³/mol. The molecule has 1 amide bonds. The van der Waals surface area contributed by atoms with Crippen LogP contribution in [0, 0.1) is 28.4 Å². The van der Waals surface area contributed by atoms with Gasteiger partial charge in [-0.3, -0.25) is 14.9 Å². The Morgan fingerprint density at radius 1 is 1.19 bits per heavy atom. The van der Waals surface area contributed by atoms with Crippen LogP contribution in [0.3, 0.4) is 0 Å². The second-order valence-electron chi connectivity index (χ2n) is 6.84. The zero-order valence-electron chi connectivity index (χ0n) is 17.0. The number of non-ortho nitro benzene ring substituents is 1. The number of nitrogens with zero attached hydrogens (tertiary/aromatic N) is 2. The number of anilines is 1. The summed E-state index contributed by atoms with van der Waals surface area (Å²) in [6, 6.07) is 20.6. The van der Waals surface area contributed by atoms with Crippen molar-refractivity contribution in [2.75, 3.05) is 5.32 Å². The van der Waals surface area contributed by atoms with E-state index in [0.29, 0.717) is 21.5 Å². The summed E-state index contributed by atoms with van der Waals surface area (Å²) in [4.78, 5) is 22.8. The monoisotopic (exact) mass is 491 g/mol. The number of nitro benzene ring substituents is 1. The Bertz CT molecular complexity index is 1230. The smallest absolute Gasteiger partial charge is 0.269 e. The molecule has 0 aliphatic heterocycles. The molecular weight excluding hydrogens is 474 g/mol. The summed E-state index contributed by atoms with van der Waals surface area (Å²) in [5, 5.41) is 22.9. The molecule has 0 saturated heterocycles. The van der Waals surface area contributed by atoms with Gasteiger partial charge in [0, 0.05) is 17.8 Å². The van der Waals surface area contributed by atoms with Crippen LogP contribution in [0.4, 0.5) is 11.4 Å². The van der Waals surface area contributed by atoms with Gasteiger partial charge in [-0.15, -0.1) is 0 Å². The van der Waals surface area contributed by atoms with Gasteiger partial charge in [0.25, 0.3) is 11.6 Å². The van der Waals surface area contributed by atoms with Gasteiger partial charge in [-0.2, -0.15) is 5.26 Å². The van der Waals surface area contributed by atoms with Gasteiger partial charge < -0.3 is 10.1 Å². The molecule has 8 heteroatoms. The summed E-state index contributed by atoms with van der Waals surface area (Å²) in [5.74, 6) is 0.0693. The van der Waals surface area contributed by atoms with Crippen LogP contribution in [-0.2, 0) is 11.4 Å². The van der Waals surface area contributed by atoms with Crippen LogP contribution in [0.5, 0.6) is 5.75 Å². The lowest BCUT2D eigenvalue weighted by Gasteiger charge is -2.10. The second-order valence-corrected chi connectivity index (χ2v) is 7.70. The number of halogens is 1. The lowest BCUT2D eigenvalue weighted by Crippen LogP contribution is -2.14. The highest BCUT2D eigenvalue weighted by Gasteiger charge is 2.12. The SMILES string of the molecule is Cc1ccccc1NC(=O)/C(C#N)=C\c1ccc(OCc2ccc([N+](=O)[O-])cc2)c(Br)c1. The molecule has 160 valence electrons. The third-order valence-electron chi connectivity index (χ3n) is 4.57. The van der Waals surface area contributed by atoms with Crippen molar-refractivity contribution in [1.82, 2.24) is 0 Å². The number of amides is 1. The Kier molecular flexibility index (Phi) is 7.37. The molecule has 0 bridgehead atoms. The molecule has 0 atom stereocenters. The van der Waals surface area contributed by atoms with Gasteiger partial charge in [0.15, 0.2) is 0 Å². The number of nitriles is 1. The molecule has 0 heterocycles. The number of para-hydroxylation sites is 1. The summed E-state index contributed by atoms with van der Waals surface area (Å²) in [6.07, 6.45) is 1.50. The maximum atomic E-state index is 12.5. The number of carbonyl (C=O) groups is 1. The zero-order chi connectivity index (χ0) is 23.1. The zero-order valence-corrected chi connectivity index (χ0v) is 18.6. The number of hydrogen-bond acceptors (Lipinski definition) is 5. The Balaban J connectivity index is 1.69. The Morgan fingerprint density at radius 2 is 1.91 bits per heavy atom. The molecule has 3 rings (SSSR count). The largest absolute Gasteiger partial charge is 0.488 e. The van der Waals surface area contributed by atoms with Gasteiger partial charge in [-0.25, -0.2) is 0 Å². The van der Waals surface area contributed by atoms with E-state index in [2.05, 4.69) is 21.2 Å². The molecule has 0 spiro atoms. The van der Waals surface area contributed by atoms with E-state index in [1.165, 1.54) is 18.2 Å². The van der Waals surface area contributed by atoms with Crippen molar-refractivity contribution in [3.05, 3.63) is 104 Å². The van der Waals surface area contributed by atoms with Crippen LogP contribution in [0.1, 0.15) is 16.7 Å². The van der Waals surface area contributed by atoms with Gasteiger partial charge in [0.05, 0.1) is 9.40 Å². The normalized spacial score (nSPS) is 10.8. The third-order valence-corrected chi connectivity index (χ3v) is 5.19. The average molecular weight is 492 g/mol. The van der Waals surface area contributed by atoms with Crippen LogP contribution in [-0.4, -0.2) is 10.8 Å². The number of aryl methyl sites for hydroxylation is 1. The van der Waals surface area contributed by atoms with E-state index in [9.17, 15) is 20.2 Å². The van der Waals surface area contributed by atoms with Gasteiger partial charge in [0.2, 0.25) is 0 Å². The number of nitro groups is 1. The van der Waals surface area contributed by atoms with Crippen molar-refractivity contribution in [2.45, 2.75) is 13.5 Å². The molecule has 3 aromatic rings. The van der Waals surface area contributed by atoms with E-state index in [-0.39, 0.29) is 17.9 Å². The van der Waals surface area contributed by atoms with E-state index in [0.717, 1.165) is 11.1 Å². The number of nitrogens with one attached hydrogen (secondary N) is 1. The maximum Gasteiger partial charge on any atom is 0.269 e. The molecule has 0 aromatic heterocycles. The van der Waals surface area contributed by atoms with Crippen molar-refractivity contribution in [3.63, 3.8) is 0 Å². The van der Waals surface area contributed by atoms with Gasteiger partial charge in [0.1, 0.15) is 24.0 Å². The molecule has 0 aliphatic rings. The summed E-state index contributed by atoms with van der Waals surface area (Å²) < 4.78 is 6.41. The summed E-state index contributed by atoms with van der Waals surface area (Å²) >= 11 is 3.44. The van der Waals surface area contributed by atoms with Crippen LogP contribution in [0.15, 0.2) is 76.8 Å². The van der Waals surface area contributed by atoms with Crippen molar-refractivity contribution < 1.29 is 14.5 Å². The molecule has 0 unspecified atom stereocenters. The van der Waals surface area contributed by atoms with E-state index in [1.54, 1.807) is 36.4 Å².